The first-order valence-electron chi connectivity index (χ1n) is 10.2. The van der Waals surface area contributed by atoms with Crippen LogP contribution in [0.15, 0.2) is 22.8 Å². The van der Waals surface area contributed by atoms with Gasteiger partial charge in [-0.2, -0.15) is 0 Å². The summed E-state index contributed by atoms with van der Waals surface area (Å²) in [7, 11) is 0. The third-order valence-electron chi connectivity index (χ3n) is 6.58. The third-order valence-corrected chi connectivity index (χ3v) is 6.58. The Kier molecular flexibility index (Phi) is 5.43. The van der Waals surface area contributed by atoms with Gasteiger partial charge in [0.25, 0.3) is 5.91 Å². The van der Waals surface area contributed by atoms with Crippen LogP contribution in [0.25, 0.3) is 0 Å². The van der Waals surface area contributed by atoms with Crippen LogP contribution in [0.5, 0.6) is 0 Å². The van der Waals surface area contributed by atoms with Crippen LogP contribution in [-0.2, 0) is 19.1 Å². The lowest BCUT2D eigenvalue weighted by Gasteiger charge is -2.55. The van der Waals surface area contributed by atoms with E-state index in [9.17, 15) is 19.2 Å². The molecule has 156 valence electrons. The summed E-state index contributed by atoms with van der Waals surface area (Å²) in [4.78, 5) is 48.2. The molecule has 1 heterocycles. The first-order chi connectivity index (χ1) is 13.9. The Morgan fingerprint density at radius 3 is 2.24 bits per heavy atom. The second-order valence-corrected chi connectivity index (χ2v) is 8.72. The van der Waals surface area contributed by atoms with Gasteiger partial charge in [-0.1, -0.05) is 0 Å². The van der Waals surface area contributed by atoms with E-state index in [0.29, 0.717) is 17.8 Å². The van der Waals surface area contributed by atoms with Gasteiger partial charge in [0, 0.05) is 5.41 Å². The van der Waals surface area contributed by atoms with Crippen LogP contribution in [0.2, 0.25) is 0 Å². The highest BCUT2D eigenvalue weighted by atomic mass is 16.5. The number of ketones is 1. The summed E-state index contributed by atoms with van der Waals surface area (Å²) in [6.07, 6.45) is 7.89. The van der Waals surface area contributed by atoms with Crippen molar-refractivity contribution in [3.05, 3.63) is 24.2 Å². The molecule has 4 saturated carbocycles. The lowest BCUT2D eigenvalue weighted by atomic mass is 9.48. The van der Waals surface area contributed by atoms with Crippen molar-refractivity contribution in [2.24, 2.45) is 23.2 Å². The summed E-state index contributed by atoms with van der Waals surface area (Å²) in [6, 6.07) is 3.04. The number of rotatable bonds is 8. The topological polar surface area (TPSA) is 115 Å². The largest absolute Gasteiger partial charge is 0.459 e. The molecule has 4 bridgehead atoms. The second kappa shape index (κ2) is 8.00. The van der Waals surface area contributed by atoms with Crippen molar-refractivity contribution in [1.82, 2.24) is 10.6 Å². The minimum Gasteiger partial charge on any atom is -0.459 e. The lowest BCUT2D eigenvalue weighted by molar-refractivity contribution is -0.157. The molecule has 4 aliphatic rings. The Morgan fingerprint density at radius 1 is 1.00 bits per heavy atom. The first kappa shape index (κ1) is 19.7. The van der Waals surface area contributed by atoms with E-state index in [0.717, 1.165) is 19.3 Å². The van der Waals surface area contributed by atoms with Crippen molar-refractivity contribution in [2.75, 3.05) is 19.7 Å². The molecular formula is C21H26N2O6. The molecule has 0 atom stereocenters. The smallest absolute Gasteiger partial charge is 0.325 e. The molecule has 4 aliphatic carbocycles. The van der Waals surface area contributed by atoms with E-state index in [4.69, 9.17) is 9.15 Å². The van der Waals surface area contributed by atoms with Crippen molar-refractivity contribution in [3.8, 4) is 0 Å². The Hall–Kier alpha value is -2.64. The fraction of sp³-hybridized carbons (Fsp3) is 0.619. The predicted octanol–water partition coefficient (Wildman–Crippen LogP) is 1.45. The molecule has 2 amide bonds. The molecule has 8 nitrogen and oxygen atoms in total. The minimum absolute atomic E-state index is 0.0296. The number of nitrogens with one attached hydrogen (secondary N) is 2. The van der Waals surface area contributed by atoms with E-state index >= 15 is 0 Å². The normalized spacial score (nSPS) is 29.3. The number of carbonyl (C=O) groups is 4. The number of esters is 1. The molecule has 0 spiro atoms. The Morgan fingerprint density at radius 2 is 1.66 bits per heavy atom. The number of amides is 2. The Labute approximate surface area is 168 Å². The summed E-state index contributed by atoms with van der Waals surface area (Å²) in [5.41, 5.74) is -0.297. The van der Waals surface area contributed by atoms with Crippen molar-refractivity contribution >= 4 is 23.6 Å². The van der Waals surface area contributed by atoms with E-state index in [2.05, 4.69) is 10.6 Å². The van der Waals surface area contributed by atoms with Crippen LogP contribution >= 0.6 is 0 Å². The van der Waals surface area contributed by atoms with Gasteiger partial charge in [-0.05, 0) is 68.4 Å². The van der Waals surface area contributed by atoms with Gasteiger partial charge in [-0.15, -0.1) is 0 Å². The van der Waals surface area contributed by atoms with Crippen LogP contribution in [0.3, 0.4) is 0 Å². The predicted molar refractivity (Wildman–Crippen MR) is 101 cm³/mol. The average Bonchev–Trinajstić information content (AvgIpc) is 3.22. The maximum absolute atomic E-state index is 12.8. The molecule has 1 aromatic heterocycles. The first-order valence-corrected chi connectivity index (χ1v) is 10.2. The van der Waals surface area contributed by atoms with Crippen molar-refractivity contribution in [1.29, 1.82) is 0 Å². The van der Waals surface area contributed by atoms with E-state index in [1.807, 2.05) is 0 Å². The maximum Gasteiger partial charge on any atom is 0.325 e. The molecule has 0 unspecified atom stereocenters. The quantitative estimate of drug-likeness (QED) is 0.636. The van der Waals surface area contributed by atoms with Crippen molar-refractivity contribution < 1.29 is 28.3 Å². The molecular weight excluding hydrogens is 376 g/mol. The average molecular weight is 402 g/mol. The van der Waals surface area contributed by atoms with E-state index in [1.54, 1.807) is 6.07 Å². The van der Waals surface area contributed by atoms with Crippen LogP contribution in [0.1, 0.15) is 49.1 Å². The van der Waals surface area contributed by atoms with Crippen molar-refractivity contribution in [3.63, 3.8) is 0 Å². The summed E-state index contributed by atoms with van der Waals surface area (Å²) < 4.78 is 10.0. The van der Waals surface area contributed by atoms with Gasteiger partial charge in [0.2, 0.25) is 5.91 Å². The van der Waals surface area contributed by atoms with Crippen LogP contribution in [0.4, 0.5) is 0 Å². The standard InChI is InChI=1S/C21H26N2O6/c24-17(21-7-13-4-14(8-21)6-15(5-13)9-21)12-29-19(26)11-22-18(25)10-23-20(27)16-2-1-3-28-16/h1-3,13-15H,4-12H2,(H,22,25)(H,23,27). The molecule has 0 aliphatic heterocycles. The molecule has 2 N–H and O–H groups in total. The zero-order valence-corrected chi connectivity index (χ0v) is 16.3. The molecule has 4 fully saturated rings. The minimum atomic E-state index is -0.659. The number of Topliss-reactive ketones (excluding diaryl/α,β-unsaturated/α-hetero) is 1. The maximum atomic E-state index is 12.8. The van der Waals surface area contributed by atoms with Gasteiger partial charge in [0.05, 0.1) is 12.8 Å². The van der Waals surface area contributed by atoms with Crippen LogP contribution in [0, 0.1) is 23.2 Å². The second-order valence-electron chi connectivity index (χ2n) is 8.72. The van der Waals surface area contributed by atoms with Crippen LogP contribution < -0.4 is 10.6 Å². The number of hydrogen-bond acceptors (Lipinski definition) is 6. The Balaban J connectivity index is 1.16. The van der Waals surface area contributed by atoms with E-state index < -0.39 is 17.8 Å². The van der Waals surface area contributed by atoms with E-state index in [1.165, 1.54) is 31.6 Å². The monoisotopic (exact) mass is 402 g/mol. The van der Waals surface area contributed by atoms with Gasteiger partial charge in [0.1, 0.15) is 6.54 Å². The molecule has 0 saturated heterocycles. The summed E-state index contributed by atoms with van der Waals surface area (Å²) in [6.45, 7) is -0.862. The highest BCUT2D eigenvalue weighted by Crippen LogP contribution is 2.60. The molecule has 5 rings (SSSR count). The van der Waals surface area contributed by atoms with Gasteiger partial charge < -0.3 is 19.8 Å². The van der Waals surface area contributed by atoms with Gasteiger partial charge >= 0.3 is 5.97 Å². The zero-order valence-electron chi connectivity index (χ0n) is 16.3. The molecule has 0 radical (unpaired) electrons. The number of furan rings is 1. The van der Waals surface area contributed by atoms with E-state index in [-0.39, 0.29) is 36.7 Å². The van der Waals surface area contributed by atoms with Gasteiger partial charge in [-0.3, -0.25) is 19.2 Å². The summed E-state index contributed by atoms with van der Waals surface area (Å²) >= 11 is 0. The van der Waals surface area contributed by atoms with Crippen LogP contribution in [-0.4, -0.2) is 43.3 Å². The fourth-order valence-electron chi connectivity index (χ4n) is 5.69. The SMILES string of the molecule is O=C(CNC(=O)c1ccco1)NCC(=O)OCC(=O)C12CC3CC(CC(C3)C1)C2. The van der Waals surface area contributed by atoms with Gasteiger partial charge in [-0.25, -0.2) is 0 Å². The summed E-state index contributed by atoms with van der Waals surface area (Å²) in [5.74, 6) is 0.365. The highest BCUT2D eigenvalue weighted by Gasteiger charge is 2.54. The zero-order chi connectivity index (χ0) is 20.4. The molecule has 8 heteroatoms. The fourth-order valence-corrected chi connectivity index (χ4v) is 5.69. The number of ether oxygens (including phenoxy) is 1. The molecule has 1 aromatic rings. The highest BCUT2D eigenvalue weighted by molar-refractivity contribution is 5.94. The van der Waals surface area contributed by atoms with Crippen molar-refractivity contribution in [2.45, 2.75) is 38.5 Å². The summed E-state index contributed by atoms with van der Waals surface area (Å²) in [5, 5.41) is 4.75. The van der Waals surface area contributed by atoms with Gasteiger partial charge in [0.15, 0.2) is 18.2 Å². The number of carbonyl (C=O) groups excluding carboxylic acids is 4. The molecule has 29 heavy (non-hydrogen) atoms. The third kappa shape index (κ3) is 4.36. The number of hydrogen-bond donors (Lipinski definition) is 2. The lowest BCUT2D eigenvalue weighted by Crippen LogP contribution is -2.51. The molecule has 0 aromatic carbocycles. The Bertz CT molecular complexity index is 765.